The summed E-state index contributed by atoms with van der Waals surface area (Å²) in [6.45, 7) is 0. The Hall–Kier alpha value is -4.62. The highest BCUT2D eigenvalue weighted by Gasteiger charge is 2.56. The first-order valence-corrected chi connectivity index (χ1v) is 16.5. The fourth-order valence-electron chi connectivity index (χ4n) is 6.29. The van der Waals surface area contributed by atoms with Gasteiger partial charge in [-0.05, 0) is 47.5 Å². The molecule has 0 saturated heterocycles. The molecule has 0 radical (unpaired) electrons. The fourth-order valence-corrected chi connectivity index (χ4v) is 11.4. The van der Waals surface area contributed by atoms with Gasteiger partial charge in [-0.1, -0.05) is 146 Å². The summed E-state index contributed by atoms with van der Waals surface area (Å²) in [7, 11) is -2.55. The van der Waals surface area contributed by atoms with Crippen LogP contribution >= 0.6 is 7.26 Å². The molecule has 43 heavy (non-hydrogen) atoms. The van der Waals surface area contributed by atoms with Gasteiger partial charge in [-0.15, -0.1) is 0 Å². The van der Waals surface area contributed by atoms with Crippen molar-refractivity contribution in [2.75, 3.05) is 0 Å². The van der Waals surface area contributed by atoms with Gasteiger partial charge in [0.15, 0.2) is 11.4 Å². The van der Waals surface area contributed by atoms with Gasteiger partial charge >= 0.3 is 0 Å². The lowest BCUT2D eigenvalue weighted by molar-refractivity contribution is 0.0246. The van der Waals surface area contributed by atoms with Gasteiger partial charge in [0.25, 0.3) is 0 Å². The first-order valence-electron chi connectivity index (χ1n) is 14.6. The number of hydrogen-bond acceptors (Lipinski definition) is 2. The average molecular weight is 578 g/mol. The molecule has 0 aromatic heterocycles. The van der Waals surface area contributed by atoms with E-state index < -0.39 is 12.9 Å². The summed E-state index contributed by atoms with van der Waals surface area (Å²) in [6.07, 6.45) is 0.196. The Kier molecular flexibility index (Phi) is 8.43. The summed E-state index contributed by atoms with van der Waals surface area (Å²) in [5.41, 5.74) is 0.148. The molecule has 0 aliphatic rings. The van der Waals surface area contributed by atoms with E-state index in [-0.39, 0.29) is 17.9 Å². The minimum absolute atomic E-state index is 0.196. The van der Waals surface area contributed by atoms with Gasteiger partial charge in [0.2, 0.25) is 0 Å². The van der Waals surface area contributed by atoms with Crippen LogP contribution in [0.1, 0.15) is 33.6 Å². The average Bonchev–Trinajstić information content (AvgIpc) is 3.10. The van der Waals surface area contributed by atoms with Crippen molar-refractivity contribution in [2.45, 2.75) is 17.7 Å². The lowest BCUT2D eigenvalue weighted by atomic mass is 9.81. The highest BCUT2D eigenvalue weighted by molar-refractivity contribution is 7.96. The minimum atomic E-state index is -2.55. The van der Waals surface area contributed by atoms with E-state index in [0.29, 0.717) is 11.1 Å². The number of Topliss-reactive ketones (excluding diaryl/α,β-unsaturated/α-hetero) is 1. The molecule has 3 heteroatoms. The van der Waals surface area contributed by atoms with Gasteiger partial charge < -0.3 is 5.11 Å². The molecule has 0 bridgehead atoms. The highest BCUT2D eigenvalue weighted by Crippen LogP contribution is 2.69. The molecule has 0 spiro atoms. The molecule has 6 aromatic carbocycles. The maximum absolute atomic E-state index is 14.5. The summed E-state index contributed by atoms with van der Waals surface area (Å²) in [6, 6.07) is 61.0. The zero-order chi connectivity index (χ0) is 29.5. The van der Waals surface area contributed by atoms with E-state index in [1.165, 1.54) is 15.9 Å². The van der Waals surface area contributed by atoms with Crippen molar-refractivity contribution in [1.29, 1.82) is 0 Å². The number of carbonyl (C=O) groups is 1. The Balaban J connectivity index is 1.69. The number of ketones is 1. The molecule has 0 fully saturated rings. The van der Waals surface area contributed by atoms with E-state index in [0.717, 1.165) is 5.56 Å². The zero-order valence-electron chi connectivity index (χ0n) is 23.9. The first-order chi connectivity index (χ1) is 21.1. The van der Waals surface area contributed by atoms with Gasteiger partial charge in [-0.3, -0.25) is 4.79 Å². The fraction of sp³-hybridized carbons (Fsp3) is 0.0750. The molecular weight excluding hydrogens is 543 g/mol. The third-order valence-corrected chi connectivity index (χ3v) is 13.0. The van der Waals surface area contributed by atoms with Crippen LogP contribution in [0.15, 0.2) is 182 Å². The molecule has 6 rings (SSSR count). The van der Waals surface area contributed by atoms with Gasteiger partial charge in [0.1, 0.15) is 28.8 Å². The molecule has 2 unspecified atom stereocenters. The van der Waals surface area contributed by atoms with Crippen LogP contribution in [-0.2, 0) is 5.60 Å². The molecule has 1 N–H and O–H groups in total. The normalized spacial score (nSPS) is 13.5. The standard InChI is InChI=1S/C40H34O2P/c41-39(33-21-9-2-10-22-33)40(42,34-23-11-3-12-24-34)31-38(32-19-7-1-8-20-32)43(35-25-13-4-14-26-35,36-27-15-5-16-28-36)37-29-17-6-18-30-37/h1-30,38,42H,31H2/q+1. The van der Waals surface area contributed by atoms with Crippen molar-refractivity contribution in [3.8, 4) is 0 Å². The zero-order valence-corrected chi connectivity index (χ0v) is 24.8. The van der Waals surface area contributed by atoms with Crippen molar-refractivity contribution in [2.24, 2.45) is 0 Å². The van der Waals surface area contributed by atoms with Crippen LogP contribution in [-0.4, -0.2) is 10.9 Å². The van der Waals surface area contributed by atoms with Crippen molar-refractivity contribution in [3.63, 3.8) is 0 Å². The van der Waals surface area contributed by atoms with Crippen molar-refractivity contribution >= 4 is 29.0 Å². The van der Waals surface area contributed by atoms with Gasteiger partial charge in [0, 0.05) is 12.0 Å². The number of aliphatic hydroxyl groups is 1. The monoisotopic (exact) mass is 577 g/mol. The van der Waals surface area contributed by atoms with E-state index in [2.05, 4.69) is 97.1 Å². The predicted molar refractivity (Wildman–Crippen MR) is 180 cm³/mol. The van der Waals surface area contributed by atoms with Crippen LogP contribution in [0.2, 0.25) is 0 Å². The predicted octanol–water partition coefficient (Wildman–Crippen LogP) is 7.88. The third-order valence-electron chi connectivity index (χ3n) is 8.29. The van der Waals surface area contributed by atoms with Crippen LogP contribution in [0.4, 0.5) is 0 Å². The lowest BCUT2D eigenvalue weighted by Gasteiger charge is -2.39. The van der Waals surface area contributed by atoms with Gasteiger partial charge in [0.05, 0.1) is 0 Å². The maximum atomic E-state index is 14.5. The lowest BCUT2D eigenvalue weighted by Crippen LogP contribution is -2.42. The Bertz CT molecular complexity index is 1650. The van der Waals surface area contributed by atoms with Crippen LogP contribution in [0.25, 0.3) is 0 Å². The first kappa shape index (κ1) is 28.5. The molecule has 0 heterocycles. The number of rotatable bonds is 10. The number of benzene rings is 6. The second kappa shape index (κ2) is 12.7. The third kappa shape index (κ3) is 5.48. The maximum Gasteiger partial charge on any atom is 0.199 e. The molecule has 0 amide bonds. The number of hydrogen-bond donors (Lipinski definition) is 1. The second-order valence-electron chi connectivity index (χ2n) is 10.8. The van der Waals surface area contributed by atoms with E-state index in [1.54, 1.807) is 12.1 Å². The van der Waals surface area contributed by atoms with Crippen molar-refractivity contribution < 1.29 is 9.90 Å². The molecule has 210 valence electrons. The minimum Gasteiger partial charge on any atom is -0.377 e. The summed E-state index contributed by atoms with van der Waals surface area (Å²) in [5, 5.41) is 16.5. The Morgan fingerprint density at radius 3 is 1.28 bits per heavy atom. The topological polar surface area (TPSA) is 37.3 Å². The molecule has 2 nitrogen and oxygen atoms in total. The summed E-state index contributed by atoms with van der Waals surface area (Å²) >= 11 is 0. The Morgan fingerprint density at radius 1 is 0.512 bits per heavy atom. The highest BCUT2D eigenvalue weighted by atomic mass is 31.2. The van der Waals surface area contributed by atoms with Gasteiger partial charge in [-0.25, -0.2) is 0 Å². The smallest absolute Gasteiger partial charge is 0.199 e. The Morgan fingerprint density at radius 2 is 0.860 bits per heavy atom. The SMILES string of the molecule is O=C(c1ccccc1)C(O)(CC(c1ccccc1)[P+](c1ccccc1)(c1ccccc1)c1ccccc1)c1ccccc1. The molecule has 0 saturated carbocycles. The summed E-state index contributed by atoms with van der Waals surface area (Å²) in [4.78, 5) is 14.5. The molecule has 0 aliphatic heterocycles. The molecule has 0 aliphatic carbocycles. The van der Waals surface area contributed by atoms with Crippen LogP contribution < -0.4 is 15.9 Å². The summed E-state index contributed by atoms with van der Waals surface area (Å²) in [5.74, 6) is -0.299. The number of carbonyl (C=O) groups excluding carboxylic acids is 1. The van der Waals surface area contributed by atoms with Crippen LogP contribution in [0, 0.1) is 0 Å². The molecule has 2 atom stereocenters. The van der Waals surface area contributed by atoms with Gasteiger partial charge in [-0.2, -0.15) is 0 Å². The quantitative estimate of drug-likeness (QED) is 0.133. The van der Waals surface area contributed by atoms with E-state index >= 15 is 0 Å². The van der Waals surface area contributed by atoms with Crippen molar-refractivity contribution in [3.05, 3.63) is 199 Å². The van der Waals surface area contributed by atoms with Crippen LogP contribution in [0.3, 0.4) is 0 Å². The van der Waals surface area contributed by atoms with E-state index in [1.807, 2.05) is 72.8 Å². The summed E-state index contributed by atoms with van der Waals surface area (Å²) < 4.78 is 0. The van der Waals surface area contributed by atoms with E-state index in [4.69, 9.17) is 0 Å². The molecular formula is C40H34O2P+. The Labute approximate surface area is 254 Å². The molecule has 6 aromatic rings. The van der Waals surface area contributed by atoms with Crippen LogP contribution in [0.5, 0.6) is 0 Å². The largest absolute Gasteiger partial charge is 0.377 e. The van der Waals surface area contributed by atoms with E-state index in [9.17, 15) is 9.90 Å². The second-order valence-corrected chi connectivity index (χ2v) is 14.4. The van der Waals surface area contributed by atoms with Crippen molar-refractivity contribution in [1.82, 2.24) is 0 Å².